The van der Waals surface area contributed by atoms with Crippen molar-refractivity contribution in [2.45, 2.75) is 17.9 Å². The number of methoxy groups -OCH3 is 2. The van der Waals surface area contributed by atoms with Crippen LogP contribution < -0.4 is 18.9 Å². The van der Waals surface area contributed by atoms with E-state index in [4.69, 9.17) is 25.8 Å². The Morgan fingerprint density at radius 1 is 1.04 bits per heavy atom. The van der Waals surface area contributed by atoms with E-state index in [0.29, 0.717) is 16.5 Å². The van der Waals surface area contributed by atoms with Gasteiger partial charge in [0, 0.05) is 11.1 Å². The van der Waals surface area contributed by atoms with Crippen LogP contribution in [0.25, 0.3) is 0 Å². The van der Waals surface area contributed by atoms with Crippen LogP contribution in [0.15, 0.2) is 47.4 Å². The molecule has 0 saturated heterocycles. The van der Waals surface area contributed by atoms with Crippen LogP contribution in [0.5, 0.6) is 17.2 Å². The molecule has 9 heteroatoms. The predicted octanol–water partition coefficient (Wildman–Crippen LogP) is 2.63. The minimum atomic E-state index is -4.10. The second-order valence-corrected chi connectivity index (χ2v) is 7.32. The van der Waals surface area contributed by atoms with E-state index in [1.807, 2.05) is 4.72 Å². The molecular formula is C17H18ClNO6S. The van der Waals surface area contributed by atoms with Crippen molar-refractivity contribution in [3.8, 4) is 17.2 Å². The van der Waals surface area contributed by atoms with Crippen molar-refractivity contribution >= 4 is 27.5 Å². The fourth-order valence-electron chi connectivity index (χ4n) is 2.03. The quantitative estimate of drug-likeness (QED) is 0.769. The molecule has 7 nitrogen and oxygen atoms in total. The zero-order valence-corrected chi connectivity index (χ0v) is 15.9. The highest BCUT2D eigenvalue weighted by Gasteiger charge is 2.24. The van der Waals surface area contributed by atoms with Crippen LogP contribution in [0, 0.1) is 0 Å². The molecule has 0 aromatic heterocycles. The number of hydrogen-bond acceptors (Lipinski definition) is 6. The van der Waals surface area contributed by atoms with Crippen LogP contribution in [-0.4, -0.2) is 34.6 Å². The molecule has 2 aromatic rings. The lowest BCUT2D eigenvalue weighted by molar-refractivity contribution is -0.125. The van der Waals surface area contributed by atoms with E-state index in [-0.39, 0.29) is 10.6 Å². The van der Waals surface area contributed by atoms with Crippen LogP contribution in [0.3, 0.4) is 0 Å². The Kier molecular flexibility index (Phi) is 6.33. The highest BCUT2D eigenvalue weighted by atomic mass is 35.5. The fourth-order valence-corrected chi connectivity index (χ4v) is 3.21. The van der Waals surface area contributed by atoms with Gasteiger partial charge in [-0.15, -0.1) is 0 Å². The Labute approximate surface area is 156 Å². The van der Waals surface area contributed by atoms with Crippen molar-refractivity contribution in [2.75, 3.05) is 14.2 Å². The van der Waals surface area contributed by atoms with E-state index in [1.165, 1.54) is 39.3 Å². The van der Waals surface area contributed by atoms with Gasteiger partial charge in [0.25, 0.3) is 15.9 Å². The van der Waals surface area contributed by atoms with Crippen LogP contribution >= 0.6 is 11.6 Å². The third-order valence-corrected chi connectivity index (χ3v) is 4.99. The molecule has 0 radical (unpaired) electrons. The molecule has 2 rings (SSSR count). The molecule has 2 aromatic carbocycles. The van der Waals surface area contributed by atoms with Crippen molar-refractivity contribution in [3.63, 3.8) is 0 Å². The first-order valence-corrected chi connectivity index (χ1v) is 9.34. The summed E-state index contributed by atoms with van der Waals surface area (Å²) in [7, 11) is -1.28. The third-order valence-electron chi connectivity index (χ3n) is 3.40. The number of hydrogen-bond donors (Lipinski definition) is 1. The molecule has 0 saturated carbocycles. The normalized spacial score (nSPS) is 12.2. The number of carbonyl (C=O) groups is 1. The molecule has 26 heavy (non-hydrogen) atoms. The molecule has 0 spiro atoms. The van der Waals surface area contributed by atoms with Gasteiger partial charge >= 0.3 is 0 Å². The number of nitrogens with one attached hydrogen (secondary N) is 1. The SMILES string of the molecule is COc1ccc(S(=O)(=O)NC(=O)C(C)Oc2ccc(Cl)cc2)cc1OC. The van der Waals surface area contributed by atoms with E-state index in [2.05, 4.69) is 0 Å². The zero-order chi connectivity index (χ0) is 19.3. The van der Waals surface area contributed by atoms with Crippen LogP contribution in [0.4, 0.5) is 0 Å². The van der Waals surface area contributed by atoms with Gasteiger partial charge in [0.1, 0.15) is 5.75 Å². The molecule has 1 N–H and O–H groups in total. The summed E-state index contributed by atoms with van der Waals surface area (Å²) in [5.41, 5.74) is 0. The van der Waals surface area contributed by atoms with Gasteiger partial charge in [0.05, 0.1) is 19.1 Å². The standard InChI is InChI=1S/C17H18ClNO6S/c1-11(25-13-6-4-12(18)5-7-13)17(20)19-26(21,22)14-8-9-15(23-2)16(10-14)24-3/h4-11H,1-3H3,(H,19,20). The molecule has 0 aliphatic rings. The summed E-state index contributed by atoms with van der Waals surface area (Å²) in [4.78, 5) is 12.0. The topological polar surface area (TPSA) is 90.9 Å². The number of carbonyl (C=O) groups excluding carboxylic acids is 1. The van der Waals surface area contributed by atoms with Gasteiger partial charge in [-0.05, 0) is 43.3 Å². The predicted molar refractivity (Wildman–Crippen MR) is 96.4 cm³/mol. The lowest BCUT2D eigenvalue weighted by atomic mass is 10.3. The summed E-state index contributed by atoms with van der Waals surface area (Å²) >= 11 is 5.78. The summed E-state index contributed by atoms with van der Waals surface area (Å²) in [6.45, 7) is 1.44. The van der Waals surface area contributed by atoms with E-state index < -0.39 is 22.0 Å². The van der Waals surface area contributed by atoms with Crippen molar-refractivity contribution in [1.29, 1.82) is 0 Å². The molecule has 0 heterocycles. The summed E-state index contributed by atoms with van der Waals surface area (Å²) in [6.07, 6.45) is -1.04. The van der Waals surface area contributed by atoms with Crippen LogP contribution in [0.2, 0.25) is 5.02 Å². The number of sulfonamides is 1. The number of halogens is 1. The van der Waals surface area contributed by atoms with Crippen molar-refractivity contribution in [2.24, 2.45) is 0 Å². The molecular weight excluding hydrogens is 382 g/mol. The average molecular weight is 400 g/mol. The van der Waals surface area contributed by atoms with Crippen LogP contribution in [0.1, 0.15) is 6.92 Å². The van der Waals surface area contributed by atoms with Crippen molar-refractivity contribution < 1.29 is 27.4 Å². The monoisotopic (exact) mass is 399 g/mol. The first-order valence-electron chi connectivity index (χ1n) is 7.47. The van der Waals surface area contributed by atoms with Gasteiger partial charge in [0.15, 0.2) is 17.6 Å². The van der Waals surface area contributed by atoms with E-state index in [0.717, 1.165) is 0 Å². The Balaban J connectivity index is 2.12. The maximum atomic E-state index is 12.4. The Hall–Kier alpha value is -2.45. The van der Waals surface area contributed by atoms with Crippen LogP contribution in [-0.2, 0) is 14.8 Å². The first kappa shape index (κ1) is 19.9. The second-order valence-electron chi connectivity index (χ2n) is 5.20. The zero-order valence-electron chi connectivity index (χ0n) is 14.4. The lowest BCUT2D eigenvalue weighted by Crippen LogP contribution is -2.39. The molecule has 1 amide bonds. The van der Waals surface area contributed by atoms with Gasteiger partial charge in [-0.3, -0.25) is 4.79 Å². The first-order chi connectivity index (χ1) is 12.3. The minimum absolute atomic E-state index is 0.137. The smallest absolute Gasteiger partial charge is 0.274 e. The maximum absolute atomic E-state index is 12.4. The van der Waals surface area contributed by atoms with Crippen molar-refractivity contribution in [3.05, 3.63) is 47.5 Å². The average Bonchev–Trinajstić information content (AvgIpc) is 2.62. The number of benzene rings is 2. The summed E-state index contributed by atoms with van der Waals surface area (Å²) in [6, 6.07) is 10.4. The highest BCUT2D eigenvalue weighted by Crippen LogP contribution is 2.29. The minimum Gasteiger partial charge on any atom is -0.493 e. The Morgan fingerprint density at radius 2 is 1.65 bits per heavy atom. The van der Waals surface area contributed by atoms with E-state index in [9.17, 15) is 13.2 Å². The Bertz CT molecular complexity index is 883. The molecule has 0 aliphatic heterocycles. The van der Waals surface area contributed by atoms with Crippen molar-refractivity contribution in [1.82, 2.24) is 4.72 Å². The van der Waals surface area contributed by atoms with Gasteiger partial charge in [-0.25, -0.2) is 13.1 Å². The summed E-state index contributed by atoms with van der Waals surface area (Å²) < 4.78 is 42.4. The summed E-state index contributed by atoms with van der Waals surface area (Å²) in [5, 5.41) is 0.519. The number of rotatable bonds is 7. The van der Waals surface area contributed by atoms with Gasteiger partial charge in [-0.1, -0.05) is 11.6 Å². The Morgan fingerprint density at radius 3 is 2.23 bits per heavy atom. The molecule has 1 unspecified atom stereocenters. The summed E-state index contributed by atoms with van der Waals surface area (Å²) in [5.74, 6) is 0.181. The molecule has 140 valence electrons. The van der Waals surface area contributed by atoms with Gasteiger partial charge in [0.2, 0.25) is 0 Å². The highest BCUT2D eigenvalue weighted by molar-refractivity contribution is 7.90. The lowest BCUT2D eigenvalue weighted by Gasteiger charge is -2.15. The fraction of sp³-hybridized carbons (Fsp3) is 0.235. The molecule has 0 aliphatic carbocycles. The third kappa shape index (κ3) is 4.80. The maximum Gasteiger partial charge on any atom is 0.274 e. The van der Waals surface area contributed by atoms with E-state index >= 15 is 0 Å². The largest absolute Gasteiger partial charge is 0.493 e. The van der Waals surface area contributed by atoms with Gasteiger partial charge < -0.3 is 14.2 Å². The second kappa shape index (κ2) is 8.29. The van der Waals surface area contributed by atoms with Gasteiger partial charge in [-0.2, -0.15) is 0 Å². The van der Waals surface area contributed by atoms with E-state index in [1.54, 1.807) is 24.3 Å². The number of ether oxygens (including phenoxy) is 3. The number of amides is 1. The molecule has 0 fully saturated rings. The molecule has 1 atom stereocenters. The molecule has 0 bridgehead atoms.